The van der Waals surface area contributed by atoms with Gasteiger partial charge in [-0.25, -0.2) is 0 Å². The van der Waals surface area contributed by atoms with Crippen molar-refractivity contribution in [3.8, 4) is 5.75 Å². The molecule has 2 aromatic rings. The van der Waals surface area contributed by atoms with Crippen LogP contribution in [0.2, 0.25) is 0 Å². The summed E-state index contributed by atoms with van der Waals surface area (Å²) in [6, 6.07) is 9.72. The third kappa shape index (κ3) is 3.20. The minimum absolute atomic E-state index is 0.638. The molecule has 4 nitrogen and oxygen atoms in total. The van der Waals surface area contributed by atoms with E-state index in [4.69, 9.17) is 4.74 Å². The van der Waals surface area contributed by atoms with Gasteiger partial charge in [-0.3, -0.25) is 9.48 Å². The van der Waals surface area contributed by atoms with E-state index in [2.05, 4.69) is 5.10 Å². The van der Waals surface area contributed by atoms with Gasteiger partial charge in [0.15, 0.2) is 6.29 Å². The van der Waals surface area contributed by atoms with Crippen LogP contribution in [0.5, 0.6) is 5.75 Å². The molecule has 0 atom stereocenters. The van der Waals surface area contributed by atoms with Gasteiger partial charge in [0, 0.05) is 19.2 Å². The number of carbonyl (C=O) groups excluding carboxylic acids is 1. The Kier molecular flexibility index (Phi) is 4.12. The van der Waals surface area contributed by atoms with E-state index in [-0.39, 0.29) is 0 Å². The molecular weight excluding hydrogens is 228 g/mol. The van der Waals surface area contributed by atoms with Gasteiger partial charge in [-0.1, -0.05) is 18.2 Å². The first-order valence-electron chi connectivity index (χ1n) is 5.96. The topological polar surface area (TPSA) is 44.1 Å². The highest BCUT2D eigenvalue weighted by Gasteiger charge is 2.02. The van der Waals surface area contributed by atoms with Crippen molar-refractivity contribution in [1.29, 1.82) is 0 Å². The van der Waals surface area contributed by atoms with E-state index in [1.165, 1.54) is 0 Å². The molecule has 0 N–H and O–H groups in total. The van der Waals surface area contributed by atoms with Gasteiger partial charge in [-0.05, 0) is 19.1 Å². The zero-order valence-electron chi connectivity index (χ0n) is 10.4. The number of benzene rings is 1. The number of hydrogen-bond donors (Lipinski definition) is 0. The van der Waals surface area contributed by atoms with Gasteiger partial charge < -0.3 is 4.74 Å². The van der Waals surface area contributed by atoms with Crippen molar-refractivity contribution in [3.05, 3.63) is 47.8 Å². The smallest absolute Gasteiger partial charge is 0.153 e. The quantitative estimate of drug-likeness (QED) is 0.579. The molecule has 18 heavy (non-hydrogen) atoms. The van der Waals surface area contributed by atoms with Crippen molar-refractivity contribution >= 4 is 6.29 Å². The second-order valence-electron chi connectivity index (χ2n) is 4.07. The van der Waals surface area contributed by atoms with Crippen molar-refractivity contribution in [3.63, 3.8) is 0 Å². The molecule has 4 heteroatoms. The Morgan fingerprint density at radius 1 is 1.33 bits per heavy atom. The summed E-state index contributed by atoms with van der Waals surface area (Å²) in [5.41, 5.74) is 1.42. The highest BCUT2D eigenvalue weighted by atomic mass is 16.5. The van der Waals surface area contributed by atoms with Gasteiger partial charge in [-0.15, -0.1) is 0 Å². The molecule has 0 amide bonds. The minimum Gasteiger partial charge on any atom is -0.494 e. The van der Waals surface area contributed by atoms with Crippen LogP contribution in [-0.4, -0.2) is 22.7 Å². The maximum atomic E-state index is 10.7. The van der Waals surface area contributed by atoms with Gasteiger partial charge in [0.25, 0.3) is 0 Å². The molecule has 2 rings (SSSR count). The van der Waals surface area contributed by atoms with Crippen LogP contribution in [0.4, 0.5) is 0 Å². The molecule has 1 heterocycles. The molecule has 0 radical (unpaired) electrons. The predicted octanol–water partition coefficient (Wildman–Crippen LogP) is 2.47. The Hall–Kier alpha value is -2.10. The summed E-state index contributed by atoms with van der Waals surface area (Å²) < 4.78 is 7.37. The Balaban J connectivity index is 1.77. The van der Waals surface area contributed by atoms with Gasteiger partial charge in [0.1, 0.15) is 5.75 Å². The molecule has 0 aliphatic rings. The lowest BCUT2D eigenvalue weighted by Gasteiger charge is -2.05. The molecule has 0 saturated carbocycles. The van der Waals surface area contributed by atoms with Crippen LogP contribution in [0, 0.1) is 6.92 Å². The Morgan fingerprint density at radius 2 is 2.11 bits per heavy atom. The minimum atomic E-state index is 0.638. The number of carbonyl (C=O) groups is 1. The fourth-order valence-electron chi connectivity index (χ4n) is 1.70. The highest BCUT2D eigenvalue weighted by molar-refractivity contribution is 5.75. The third-order valence-corrected chi connectivity index (χ3v) is 2.65. The molecule has 0 fully saturated rings. The van der Waals surface area contributed by atoms with E-state index in [1.54, 1.807) is 10.9 Å². The summed E-state index contributed by atoms with van der Waals surface area (Å²) in [5.74, 6) is 0.878. The average Bonchev–Trinajstić information content (AvgIpc) is 2.76. The van der Waals surface area contributed by atoms with Crippen LogP contribution < -0.4 is 4.74 Å². The second-order valence-corrected chi connectivity index (χ2v) is 4.07. The van der Waals surface area contributed by atoms with Gasteiger partial charge in [0.05, 0.1) is 17.9 Å². The number of aromatic nitrogens is 2. The lowest BCUT2D eigenvalue weighted by molar-refractivity contribution is 0.112. The van der Waals surface area contributed by atoms with E-state index < -0.39 is 0 Å². The SMILES string of the molecule is Cc1nn(CCCOc2ccccc2)cc1C=O. The molecule has 0 bridgehead atoms. The molecule has 0 aliphatic carbocycles. The summed E-state index contributed by atoms with van der Waals surface area (Å²) in [6.07, 6.45) is 3.46. The van der Waals surface area contributed by atoms with Crippen molar-refractivity contribution < 1.29 is 9.53 Å². The molecule has 0 unspecified atom stereocenters. The van der Waals surface area contributed by atoms with E-state index in [0.717, 1.165) is 30.7 Å². The third-order valence-electron chi connectivity index (χ3n) is 2.65. The van der Waals surface area contributed by atoms with Gasteiger partial charge in [-0.2, -0.15) is 5.10 Å². The van der Waals surface area contributed by atoms with E-state index in [9.17, 15) is 4.79 Å². The van der Waals surface area contributed by atoms with Crippen molar-refractivity contribution in [2.45, 2.75) is 19.9 Å². The number of para-hydroxylation sites is 1. The predicted molar refractivity (Wildman–Crippen MR) is 68.9 cm³/mol. The van der Waals surface area contributed by atoms with Crippen LogP contribution in [0.25, 0.3) is 0 Å². The zero-order valence-corrected chi connectivity index (χ0v) is 10.4. The van der Waals surface area contributed by atoms with E-state index >= 15 is 0 Å². The summed E-state index contributed by atoms with van der Waals surface area (Å²) in [6.45, 7) is 3.22. The van der Waals surface area contributed by atoms with Crippen LogP contribution in [0.3, 0.4) is 0 Å². The zero-order chi connectivity index (χ0) is 12.8. The Bertz CT molecular complexity index is 506. The number of aryl methyl sites for hydroxylation is 2. The lowest BCUT2D eigenvalue weighted by Crippen LogP contribution is -2.05. The van der Waals surface area contributed by atoms with Crippen LogP contribution >= 0.6 is 0 Å². The normalized spacial score (nSPS) is 10.3. The standard InChI is InChI=1S/C14H16N2O2/c1-12-13(11-17)10-16(15-12)8-5-9-18-14-6-3-2-4-7-14/h2-4,6-7,10-11H,5,8-9H2,1H3. The Labute approximate surface area is 106 Å². The van der Waals surface area contributed by atoms with E-state index in [0.29, 0.717) is 12.2 Å². The summed E-state index contributed by atoms with van der Waals surface area (Å²) in [7, 11) is 0. The first-order chi connectivity index (χ1) is 8.79. The van der Waals surface area contributed by atoms with Gasteiger partial charge in [0.2, 0.25) is 0 Å². The average molecular weight is 244 g/mol. The monoisotopic (exact) mass is 244 g/mol. The van der Waals surface area contributed by atoms with Gasteiger partial charge >= 0.3 is 0 Å². The summed E-state index contributed by atoms with van der Waals surface area (Å²) in [4.78, 5) is 10.7. The first-order valence-corrected chi connectivity index (χ1v) is 5.96. The van der Waals surface area contributed by atoms with Crippen LogP contribution in [-0.2, 0) is 6.54 Å². The molecule has 0 spiro atoms. The van der Waals surface area contributed by atoms with Crippen LogP contribution in [0.1, 0.15) is 22.5 Å². The first kappa shape index (κ1) is 12.4. The largest absolute Gasteiger partial charge is 0.494 e. The number of rotatable bonds is 6. The fourth-order valence-corrected chi connectivity index (χ4v) is 1.70. The van der Waals surface area contributed by atoms with Crippen molar-refractivity contribution in [2.24, 2.45) is 0 Å². The molecule has 0 saturated heterocycles. The molecule has 94 valence electrons. The summed E-state index contributed by atoms with van der Waals surface area (Å²) >= 11 is 0. The van der Waals surface area contributed by atoms with E-state index in [1.807, 2.05) is 37.3 Å². The molecule has 1 aromatic carbocycles. The van der Waals surface area contributed by atoms with Crippen molar-refractivity contribution in [1.82, 2.24) is 9.78 Å². The Morgan fingerprint density at radius 3 is 2.78 bits per heavy atom. The summed E-state index contributed by atoms with van der Waals surface area (Å²) in [5, 5.41) is 4.26. The molecule has 1 aromatic heterocycles. The fraction of sp³-hybridized carbons (Fsp3) is 0.286. The number of nitrogens with zero attached hydrogens (tertiary/aromatic N) is 2. The maximum Gasteiger partial charge on any atom is 0.153 e. The second kappa shape index (κ2) is 6.00. The highest BCUT2D eigenvalue weighted by Crippen LogP contribution is 2.09. The molecule has 0 aliphatic heterocycles. The maximum absolute atomic E-state index is 10.7. The lowest BCUT2D eigenvalue weighted by atomic mass is 10.3. The number of aldehydes is 1. The number of hydrogen-bond acceptors (Lipinski definition) is 3. The van der Waals surface area contributed by atoms with Crippen LogP contribution in [0.15, 0.2) is 36.5 Å². The van der Waals surface area contributed by atoms with Crippen molar-refractivity contribution in [2.75, 3.05) is 6.61 Å². The number of ether oxygens (including phenoxy) is 1. The molecular formula is C14H16N2O2.